The molecule has 3 nitrogen and oxygen atoms in total. The van der Waals surface area contributed by atoms with Gasteiger partial charge in [0.1, 0.15) is 0 Å². The summed E-state index contributed by atoms with van der Waals surface area (Å²) in [6.07, 6.45) is 2.62. The Morgan fingerprint density at radius 2 is 2.45 bits per heavy atom. The van der Waals surface area contributed by atoms with Crippen molar-refractivity contribution in [2.75, 3.05) is 33.3 Å². The Labute approximate surface area is 68.4 Å². The Morgan fingerprint density at radius 1 is 1.64 bits per heavy atom. The molecule has 3 heteroatoms. The van der Waals surface area contributed by atoms with E-state index < -0.39 is 0 Å². The van der Waals surface area contributed by atoms with Gasteiger partial charge in [0.25, 0.3) is 0 Å². The minimum Gasteiger partial charge on any atom is -0.395 e. The average Bonchev–Trinajstić information content (AvgIpc) is 2.37. The first-order valence-electron chi connectivity index (χ1n) is 4.36. The first-order chi connectivity index (χ1) is 5.34. The van der Waals surface area contributed by atoms with E-state index >= 15 is 0 Å². The molecule has 0 unspecified atom stereocenters. The van der Waals surface area contributed by atoms with Crippen molar-refractivity contribution in [2.24, 2.45) is 0 Å². The second-order valence-corrected chi connectivity index (χ2v) is 3.20. The molecule has 1 heterocycles. The highest BCUT2D eigenvalue weighted by molar-refractivity contribution is 4.77. The molecule has 1 atom stereocenters. The summed E-state index contributed by atoms with van der Waals surface area (Å²) >= 11 is 0. The molecule has 1 rings (SSSR count). The van der Waals surface area contributed by atoms with Gasteiger partial charge in [0.2, 0.25) is 0 Å². The van der Waals surface area contributed by atoms with Gasteiger partial charge in [0, 0.05) is 19.1 Å². The maximum Gasteiger partial charge on any atom is 0.0555 e. The van der Waals surface area contributed by atoms with Crippen molar-refractivity contribution < 1.29 is 5.11 Å². The Morgan fingerprint density at radius 3 is 3.00 bits per heavy atom. The number of nitrogens with one attached hydrogen (secondary N) is 1. The number of likely N-dealkylation sites (N-methyl/N-ethyl adjacent to an activating group) is 1. The highest BCUT2D eigenvalue weighted by Gasteiger charge is 2.19. The second kappa shape index (κ2) is 4.70. The Balaban J connectivity index is 2.05. The van der Waals surface area contributed by atoms with Crippen molar-refractivity contribution in [1.29, 1.82) is 0 Å². The summed E-state index contributed by atoms with van der Waals surface area (Å²) in [4.78, 5) is 2.38. The molecule has 0 aromatic rings. The molecule has 0 aliphatic carbocycles. The van der Waals surface area contributed by atoms with E-state index in [1.165, 1.54) is 19.4 Å². The molecule has 66 valence electrons. The van der Waals surface area contributed by atoms with Gasteiger partial charge >= 0.3 is 0 Å². The predicted molar refractivity (Wildman–Crippen MR) is 45.6 cm³/mol. The van der Waals surface area contributed by atoms with Crippen LogP contribution in [0.3, 0.4) is 0 Å². The zero-order valence-electron chi connectivity index (χ0n) is 7.21. The van der Waals surface area contributed by atoms with Crippen molar-refractivity contribution >= 4 is 0 Å². The summed E-state index contributed by atoms with van der Waals surface area (Å²) in [6, 6.07) is 0.696. The molecular weight excluding hydrogens is 140 g/mol. The van der Waals surface area contributed by atoms with Crippen molar-refractivity contribution in [1.82, 2.24) is 10.2 Å². The van der Waals surface area contributed by atoms with E-state index in [2.05, 4.69) is 17.3 Å². The number of aliphatic hydroxyl groups is 1. The molecule has 0 bridgehead atoms. The lowest BCUT2D eigenvalue weighted by Crippen LogP contribution is -2.36. The first-order valence-corrected chi connectivity index (χ1v) is 4.36. The molecule has 1 aliphatic heterocycles. The van der Waals surface area contributed by atoms with Gasteiger partial charge in [-0.05, 0) is 26.4 Å². The number of hydrogen-bond donors (Lipinski definition) is 2. The molecule has 1 aliphatic rings. The molecular formula is C8H18N2O. The van der Waals surface area contributed by atoms with Crippen LogP contribution in [0.1, 0.15) is 12.8 Å². The van der Waals surface area contributed by atoms with E-state index in [1.807, 2.05) is 0 Å². The van der Waals surface area contributed by atoms with Crippen molar-refractivity contribution in [3.8, 4) is 0 Å². The molecule has 0 aromatic heterocycles. The van der Waals surface area contributed by atoms with Gasteiger partial charge < -0.3 is 15.3 Å². The predicted octanol–water partition coefficient (Wildman–Crippen LogP) is -0.338. The van der Waals surface area contributed by atoms with Crippen LogP contribution in [0.5, 0.6) is 0 Å². The average molecular weight is 158 g/mol. The first kappa shape index (κ1) is 8.97. The number of aliphatic hydroxyl groups excluding tert-OH is 1. The highest BCUT2D eigenvalue weighted by atomic mass is 16.3. The number of hydrogen-bond acceptors (Lipinski definition) is 3. The Kier molecular flexibility index (Phi) is 3.83. The minimum absolute atomic E-state index is 0.246. The van der Waals surface area contributed by atoms with Gasteiger partial charge in [-0.3, -0.25) is 0 Å². The molecule has 0 saturated carbocycles. The molecule has 1 fully saturated rings. The Hall–Kier alpha value is -0.120. The van der Waals surface area contributed by atoms with Crippen LogP contribution in [-0.4, -0.2) is 49.3 Å². The summed E-state index contributed by atoms with van der Waals surface area (Å²) in [5.74, 6) is 0. The van der Waals surface area contributed by atoms with Gasteiger partial charge in [0.15, 0.2) is 0 Å². The van der Waals surface area contributed by atoms with Crippen LogP contribution in [0.2, 0.25) is 0 Å². The monoisotopic (exact) mass is 158 g/mol. The van der Waals surface area contributed by atoms with E-state index in [9.17, 15) is 0 Å². The largest absolute Gasteiger partial charge is 0.395 e. The van der Waals surface area contributed by atoms with Gasteiger partial charge in [0.05, 0.1) is 6.61 Å². The van der Waals surface area contributed by atoms with E-state index in [1.54, 1.807) is 0 Å². The standard InChI is InChI=1S/C8H18N2O/c1-10-5-2-3-8(10)7-9-4-6-11/h8-9,11H,2-7H2,1H3/t8-/m0/s1. The second-order valence-electron chi connectivity index (χ2n) is 3.20. The fraction of sp³-hybridized carbons (Fsp3) is 1.00. The van der Waals surface area contributed by atoms with E-state index in [0.717, 1.165) is 13.1 Å². The fourth-order valence-electron chi connectivity index (χ4n) is 1.58. The normalized spacial score (nSPS) is 26.2. The Bertz CT molecular complexity index is 108. The van der Waals surface area contributed by atoms with Gasteiger partial charge in [-0.1, -0.05) is 0 Å². The van der Waals surface area contributed by atoms with Crippen LogP contribution >= 0.6 is 0 Å². The smallest absolute Gasteiger partial charge is 0.0555 e. The van der Waals surface area contributed by atoms with Crippen LogP contribution in [-0.2, 0) is 0 Å². The van der Waals surface area contributed by atoms with Crippen LogP contribution in [0.4, 0.5) is 0 Å². The summed E-state index contributed by atoms with van der Waals surface area (Å²) in [6.45, 7) is 3.23. The third kappa shape index (κ3) is 2.77. The summed E-state index contributed by atoms with van der Waals surface area (Å²) in [7, 11) is 2.16. The van der Waals surface area contributed by atoms with Crippen molar-refractivity contribution in [2.45, 2.75) is 18.9 Å². The van der Waals surface area contributed by atoms with Crippen LogP contribution in [0, 0.1) is 0 Å². The molecule has 0 amide bonds. The topological polar surface area (TPSA) is 35.5 Å². The number of nitrogens with zero attached hydrogens (tertiary/aromatic N) is 1. The third-order valence-electron chi connectivity index (χ3n) is 2.34. The van der Waals surface area contributed by atoms with Crippen LogP contribution < -0.4 is 5.32 Å². The zero-order chi connectivity index (χ0) is 8.10. The van der Waals surface area contributed by atoms with Crippen LogP contribution in [0.15, 0.2) is 0 Å². The molecule has 0 aromatic carbocycles. The van der Waals surface area contributed by atoms with Crippen molar-refractivity contribution in [3.63, 3.8) is 0 Å². The summed E-state index contributed by atoms with van der Waals surface area (Å²) in [5, 5.41) is 11.7. The maximum absolute atomic E-state index is 8.53. The summed E-state index contributed by atoms with van der Waals surface area (Å²) in [5.41, 5.74) is 0. The lowest BCUT2D eigenvalue weighted by molar-refractivity contribution is 0.268. The van der Waals surface area contributed by atoms with E-state index in [4.69, 9.17) is 5.11 Å². The fourth-order valence-corrected chi connectivity index (χ4v) is 1.58. The van der Waals surface area contributed by atoms with E-state index in [0.29, 0.717) is 6.04 Å². The number of rotatable bonds is 4. The van der Waals surface area contributed by atoms with Gasteiger partial charge in [-0.15, -0.1) is 0 Å². The van der Waals surface area contributed by atoms with Crippen LogP contribution in [0.25, 0.3) is 0 Å². The summed E-state index contributed by atoms with van der Waals surface area (Å²) < 4.78 is 0. The van der Waals surface area contributed by atoms with Gasteiger partial charge in [-0.25, -0.2) is 0 Å². The lowest BCUT2D eigenvalue weighted by Gasteiger charge is -2.19. The molecule has 2 N–H and O–H groups in total. The molecule has 0 spiro atoms. The SMILES string of the molecule is CN1CCC[C@H]1CNCCO. The lowest BCUT2D eigenvalue weighted by atomic mass is 10.2. The quantitative estimate of drug-likeness (QED) is 0.550. The molecule has 1 saturated heterocycles. The van der Waals surface area contributed by atoms with E-state index in [-0.39, 0.29) is 6.61 Å². The van der Waals surface area contributed by atoms with Crippen molar-refractivity contribution in [3.05, 3.63) is 0 Å². The number of likely N-dealkylation sites (tertiary alicyclic amines) is 1. The third-order valence-corrected chi connectivity index (χ3v) is 2.34. The minimum atomic E-state index is 0.246. The highest BCUT2D eigenvalue weighted by Crippen LogP contribution is 2.13. The maximum atomic E-state index is 8.53. The molecule has 0 radical (unpaired) electrons. The molecule has 11 heavy (non-hydrogen) atoms. The van der Waals surface area contributed by atoms with Gasteiger partial charge in [-0.2, -0.15) is 0 Å². The zero-order valence-corrected chi connectivity index (χ0v) is 7.21.